The minimum absolute atomic E-state index is 0.276. The van der Waals surface area contributed by atoms with Gasteiger partial charge in [-0.05, 0) is 49.7 Å². The van der Waals surface area contributed by atoms with E-state index in [9.17, 15) is 4.79 Å². The molecule has 120 valence electrons. The van der Waals surface area contributed by atoms with Crippen molar-refractivity contribution in [3.63, 3.8) is 0 Å². The molecule has 0 unspecified atom stereocenters. The molecule has 22 heavy (non-hydrogen) atoms. The van der Waals surface area contributed by atoms with Crippen LogP contribution in [0.5, 0.6) is 0 Å². The molecular weight excluding hydrogens is 278 g/mol. The summed E-state index contributed by atoms with van der Waals surface area (Å²) in [5, 5.41) is 3.44. The molecule has 1 N–H and O–H groups in total. The molecule has 0 radical (unpaired) electrons. The first-order valence-electron chi connectivity index (χ1n) is 8.12. The molecule has 2 heterocycles. The quantitative estimate of drug-likeness (QED) is 0.847. The molecule has 2 aliphatic heterocycles. The standard InChI is InChI=1S/C17H25N3O2/c1-22-17(21)15-2-4-16(5-3-15)20-10-8-19(9-11-20)13-14-6-7-18-12-14/h2-5,14,18H,6-13H2,1H3/t14-/m0/s1. The van der Waals surface area contributed by atoms with Gasteiger partial charge in [-0.25, -0.2) is 4.79 Å². The van der Waals surface area contributed by atoms with Crippen LogP contribution in [0, 0.1) is 5.92 Å². The van der Waals surface area contributed by atoms with Gasteiger partial charge < -0.3 is 15.0 Å². The van der Waals surface area contributed by atoms with Crippen LogP contribution in [-0.4, -0.2) is 63.8 Å². The number of carbonyl (C=O) groups is 1. The Morgan fingerprint density at radius 3 is 2.55 bits per heavy atom. The molecule has 0 spiro atoms. The number of hydrogen-bond acceptors (Lipinski definition) is 5. The van der Waals surface area contributed by atoms with E-state index in [0.717, 1.165) is 32.1 Å². The third-order valence-corrected chi connectivity index (χ3v) is 4.70. The average molecular weight is 303 g/mol. The van der Waals surface area contributed by atoms with Crippen molar-refractivity contribution in [2.45, 2.75) is 6.42 Å². The van der Waals surface area contributed by atoms with E-state index in [4.69, 9.17) is 4.74 Å². The molecule has 0 aromatic heterocycles. The Bertz CT molecular complexity index is 489. The third-order valence-electron chi connectivity index (χ3n) is 4.70. The molecule has 0 amide bonds. The van der Waals surface area contributed by atoms with Gasteiger partial charge in [0.25, 0.3) is 0 Å². The van der Waals surface area contributed by atoms with E-state index in [-0.39, 0.29) is 5.97 Å². The maximum absolute atomic E-state index is 11.5. The fourth-order valence-corrected chi connectivity index (χ4v) is 3.35. The Morgan fingerprint density at radius 1 is 1.23 bits per heavy atom. The molecule has 2 aliphatic rings. The molecule has 1 aromatic carbocycles. The zero-order chi connectivity index (χ0) is 15.4. The van der Waals surface area contributed by atoms with E-state index in [2.05, 4.69) is 15.1 Å². The molecule has 2 saturated heterocycles. The lowest BCUT2D eigenvalue weighted by Crippen LogP contribution is -2.48. The molecule has 1 aromatic rings. The van der Waals surface area contributed by atoms with Crippen LogP contribution in [-0.2, 0) is 4.74 Å². The summed E-state index contributed by atoms with van der Waals surface area (Å²) in [6.07, 6.45) is 1.31. The molecule has 5 nitrogen and oxygen atoms in total. The number of anilines is 1. The van der Waals surface area contributed by atoms with E-state index in [0.29, 0.717) is 5.56 Å². The average Bonchev–Trinajstić information content (AvgIpc) is 3.08. The van der Waals surface area contributed by atoms with Crippen LogP contribution in [0.15, 0.2) is 24.3 Å². The summed E-state index contributed by atoms with van der Waals surface area (Å²) >= 11 is 0. The third kappa shape index (κ3) is 3.59. The van der Waals surface area contributed by atoms with Crippen molar-refractivity contribution >= 4 is 11.7 Å². The number of methoxy groups -OCH3 is 1. The van der Waals surface area contributed by atoms with Crippen molar-refractivity contribution in [3.8, 4) is 0 Å². The molecule has 0 aliphatic carbocycles. The number of ether oxygens (including phenoxy) is 1. The Balaban J connectivity index is 1.51. The summed E-state index contributed by atoms with van der Waals surface area (Å²) in [6.45, 7) is 7.93. The molecule has 2 fully saturated rings. The lowest BCUT2D eigenvalue weighted by atomic mass is 10.1. The molecule has 3 rings (SSSR count). The van der Waals surface area contributed by atoms with Gasteiger partial charge in [0.05, 0.1) is 12.7 Å². The highest BCUT2D eigenvalue weighted by atomic mass is 16.5. The van der Waals surface area contributed by atoms with Crippen LogP contribution in [0.3, 0.4) is 0 Å². The largest absolute Gasteiger partial charge is 0.465 e. The summed E-state index contributed by atoms with van der Waals surface area (Å²) in [5.74, 6) is 0.549. The summed E-state index contributed by atoms with van der Waals surface area (Å²) in [6, 6.07) is 7.72. The lowest BCUT2D eigenvalue weighted by molar-refractivity contribution is 0.0601. The van der Waals surface area contributed by atoms with Crippen LogP contribution in [0.1, 0.15) is 16.8 Å². The second kappa shape index (κ2) is 7.11. The van der Waals surface area contributed by atoms with Gasteiger partial charge in [0, 0.05) is 38.4 Å². The first-order chi connectivity index (χ1) is 10.8. The van der Waals surface area contributed by atoms with Crippen molar-refractivity contribution < 1.29 is 9.53 Å². The van der Waals surface area contributed by atoms with Gasteiger partial charge in [-0.3, -0.25) is 4.90 Å². The van der Waals surface area contributed by atoms with Gasteiger partial charge in [0.15, 0.2) is 0 Å². The van der Waals surface area contributed by atoms with E-state index >= 15 is 0 Å². The maximum Gasteiger partial charge on any atom is 0.337 e. The summed E-state index contributed by atoms with van der Waals surface area (Å²) in [5.41, 5.74) is 1.80. The zero-order valence-corrected chi connectivity index (χ0v) is 13.3. The summed E-state index contributed by atoms with van der Waals surface area (Å²) in [4.78, 5) is 16.4. The van der Waals surface area contributed by atoms with E-state index in [1.807, 2.05) is 24.3 Å². The number of nitrogens with zero attached hydrogens (tertiary/aromatic N) is 2. The summed E-state index contributed by atoms with van der Waals surface area (Å²) in [7, 11) is 1.41. The van der Waals surface area contributed by atoms with Crippen LogP contribution in [0.25, 0.3) is 0 Å². The highest BCUT2D eigenvalue weighted by Gasteiger charge is 2.22. The van der Waals surface area contributed by atoms with E-state index in [1.54, 1.807) is 0 Å². The maximum atomic E-state index is 11.5. The van der Waals surface area contributed by atoms with Crippen molar-refractivity contribution in [2.75, 3.05) is 57.8 Å². The van der Waals surface area contributed by atoms with Crippen molar-refractivity contribution in [2.24, 2.45) is 5.92 Å². The lowest BCUT2D eigenvalue weighted by Gasteiger charge is -2.37. The van der Waals surface area contributed by atoms with Gasteiger partial charge in [0.2, 0.25) is 0 Å². The van der Waals surface area contributed by atoms with Crippen LogP contribution < -0.4 is 10.2 Å². The Labute approximate surface area is 132 Å². The van der Waals surface area contributed by atoms with E-state index in [1.165, 1.54) is 38.9 Å². The topological polar surface area (TPSA) is 44.8 Å². The minimum atomic E-state index is -0.276. The smallest absolute Gasteiger partial charge is 0.337 e. The summed E-state index contributed by atoms with van der Waals surface area (Å²) < 4.78 is 4.73. The van der Waals surface area contributed by atoms with Gasteiger partial charge in [-0.2, -0.15) is 0 Å². The van der Waals surface area contributed by atoms with Crippen molar-refractivity contribution in [1.29, 1.82) is 0 Å². The number of esters is 1. The Morgan fingerprint density at radius 2 is 1.95 bits per heavy atom. The first kappa shape index (κ1) is 15.3. The predicted octanol–water partition coefficient (Wildman–Crippen LogP) is 1.20. The van der Waals surface area contributed by atoms with Crippen LogP contribution >= 0.6 is 0 Å². The zero-order valence-electron chi connectivity index (χ0n) is 13.3. The number of carbonyl (C=O) groups excluding carboxylic acids is 1. The van der Waals surface area contributed by atoms with Crippen molar-refractivity contribution in [1.82, 2.24) is 10.2 Å². The number of nitrogens with one attached hydrogen (secondary N) is 1. The number of benzene rings is 1. The van der Waals surface area contributed by atoms with Crippen LogP contribution in [0.2, 0.25) is 0 Å². The van der Waals surface area contributed by atoms with E-state index < -0.39 is 0 Å². The molecule has 0 bridgehead atoms. The highest BCUT2D eigenvalue weighted by Crippen LogP contribution is 2.19. The fraction of sp³-hybridized carbons (Fsp3) is 0.588. The SMILES string of the molecule is COC(=O)c1ccc(N2CCN(C[C@H]3CCNC3)CC2)cc1. The number of rotatable bonds is 4. The number of hydrogen-bond donors (Lipinski definition) is 1. The molecule has 5 heteroatoms. The minimum Gasteiger partial charge on any atom is -0.465 e. The van der Waals surface area contributed by atoms with Gasteiger partial charge in [0.1, 0.15) is 0 Å². The van der Waals surface area contributed by atoms with Crippen molar-refractivity contribution in [3.05, 3.63) is 29.8 Å². The predicted molar refractivity (Wildman–Crippen MR) is 87.4 cm³/mol. The highest BCUT2D eigenvalue weighted by molar-refractivity contribution is 5.89. The molecular formula is C17H25N3O2. The Kier molecular flexibility index (Phi) is 4.95. The molecule has 1 atom stereocenters. The number of piperazine rings is 1. The second-order valence-electron chi connectivity index (χ2n) is 6.18. The molecule has 0 saturated carbocycles. The Hall–Kier alpha value is -1.59. The normalized spacial score (nSPS) is 22.8. The van der Waals surface area contributed by atoms with Gasteiger partial charge in [-0.1, -0.05) is 0 Å². The fourth-order valence-electron chi connectivity index (χ4n) is 3.35. The van der Waals surface area contributed by atoms with Gasteiger partial charge >= 0.3 is 5.97 Å². The van der Waals surface area contributed by atoms with Gasteiger partial charge in [-0.15, -0.1) is 0 Å². The monoisotopic (exact) mass is 303 g/mol. The second-order valence-corrected chi connectivity index (χ2v) is 6.18. The first-order valence-corrected chi connectivity index (χ1v) is 8.12. The van der Waals surface area contributed by atoms with Crippen LogP contribution in [0.4, 0.5) is 5.69 Å².